The molecule has 1 saturated carbocycles. The number of benzene rings is 1. The van der Waals surface area contributed by atoms with Crippen molar-refractivity contribution >= 4 is 0 Å². The average molecular weight is 277 g/mol. The largest absolute Gasteiger partial charge is 0.496 e. The lowest BCUT2D eigenvalue weighted by Gasteiger charge is -2.29. The predicted octanol–water partition coefficient (Wildman–Crippen LogP) is 3.07. The van der Waals surface area contributed by atoms with Crippen molar-refractivity contribution in [2.24, 2.45) is 5.92 Å². The summed E-state index contributed by atoms with van der Waals surface area (Å²) in [5, 5.41) is 10.4. The van der Waals surface area contributed by atoms with E-state index in [1.54, 1.807) is 7.11 Å². The first-order valence-electron chi connectivity index (χ1n) is 7.69. The summed E-state index contributed by atoms with van der Waals surface area (Å²) >= 11 is 0. The van der Waals surface area contributed by atoms with Gasteiger partial charge < -0.3 is 9.84 Å². The van der Waals surface area contributed by atoms with Gasteiger partial charge in [-0.2, -0.15) is 0 Å². The molecule has 1 aromatic carbocycles. The molecule has 20 heavy (non-hydrogen) atoms. The smallest absolute Gasteiger partial charge is 0.123 e. The number of rotatable bonds is 6. The Morgan fingerprint density at radius 3 is 2.65 bits per heavy atom. The Morgan fingerprint density at radius 2 is 1.95 bits per heavy atom. The number of nitrogens with zero attached hydrogens (tertiary/aromatic N) is 1. The maximum absolute atomic E-state index is 10.4. The fraction of sp³-hybridized carbons (Fsp3) is 0.647. The van der Waals surface area contributed by atoms with Crippen LogP contribution in [0.2, 0.25) is 0 Å². The van der Waals surface area contributed by atoms with Gasteiger partial charge in [0.15, 0.2) is 0 Å². The molecule has 0 spiro atoms. The number of para-hydroxylation sites is 1. The Bertz CT molecular complexity index is 402. The fourth-order valence-corrected chi connectivity index (χ4v) is 3.18. The van der Waals surface area contributed by atoms with Crippen LogP contribution in [0.25, 0.3) is 0 Å². The van der Waals surface area contributed by atoms with Gasteiger partial charge >= 0.3 is 0 Å². The standard InChI is InChI=1S/C17H27NO2/c1-18(12-15-10-6-7-11-17(15)20-2)13-16(19)14-8-4-3-5-9-14/h6-7,10-11,14,16,19H,3-5,8-9,12-13H2,1-2H3. The zero-order chi connectivity index (χ0) is 14.4. The molecule has 1 fully saturated rings. The van der Waals surface area contributed by atoms with Crippen molar-refractivity contribution in [3.8, 4) is 5.75 Å². The van der Waals surface area contributed by atoms with Crippen molar-refractivity contribution in [1.82, 2.24) is 4.90 Å². The van der Waals surface area contributed by atoms with Gasteiger partial charge in [0.2, 0.25) is 0 Å². The zero-order valence-electron chi connectivity index (χ0n) is 12.7. The number of hydrogen-bond acceptors (Lipinski definition) is 3. The highest BCUT2D eigenvalue weighted by Gasteiger charge is 2.22. The SMILES string of the molecule is COc1ccccc1CN(C)CC(O)C1CCCCC1. The second kappa shape index (κ2) is 7.65. The minimum atomic E-state index is -0.199. The summed E-state index contributed by atoms with van der Waals surface area (Å²) in [4.78, 5) is 2.19. The normalized spacial score (nSPS) is 18.2. The van der Waals surface area contributed by atoms with E-state index in [1.165, 1.54) is 37.7 Å². The summed E-state index contributed by atoms with van der Waals surface area (Å²) in [6.45, 7) is 1.55. The molecule has 0 radical (unpaired) electrons. The van der Waals surface area contributed by atoms with Crippen LogP contribution >= 0.6 is 0 Å². The molecular weight excluding hydrogens is 250 g/mol. The first-order valence-corrected chi connectivity index (χ1v) is 7.69. The predicted molar refractivity (Wildman–Crippen MR) is 81.9 cm³/mol. The van der Waals surface area contributed by atoms with E-state index in [4.69, 9.17) is 4.74 Å². The molecule has 0 aromatic heterocycles. The third kappa shape index (κ3) is 4.22. The van der Waals surface area contributed by atoms with Crippen molar-refractivity contribution < 1.29 is 9.84 Å². The molecule has 0 bridgehead atoms. The molecule has 0 saturated heterocycles. The molecule has 1 unspecified atom stereocenters. The summed E-state index contributed by atoms with van der Waals surface area (Å²) in [6, 6.07) is 8.09. The van der Waals surface area contributed by atoms with Crippen molar-refractivity contribution in [3.63, 3.8) is 0 Å². The molecule has 1 aliphatic carbocycles. The Morgan fingerprint density at radius 1 is 1.25 bits per heavy atom. The summed E-state index contributed by atoms with van der Waals surface area (Å²) in [7, 11) is 3.77. The average Bonchev–Trinajstić information content (AvgIpc) is 2.48. The second-order valence-electron chi connectivity index (χ2n) is 5.97. The quantitative estimate of drug-likeness (QED) is 0.867. The lowest BCUT2D eigenvalue weighted by atomic mass is 9.85. The van der Waals surface area contributed by atoms with E-state index in [0.717, 1.165) is 18.8 Å². The first kappa shape index (κ1) is 15.3. The van der Waals surface area contributed by atoms with Gasteiger partial charge in [0.1, 0.15) is 5.75 Å². The van der Waals surface area contributed by atoms with E-state index in [9.17, 15) is 5.11 Å². The Labute approximate surface area is 122 Å². The van der Waals surface area contributed by atoms with Crippen LogP contribution in [0.1, 0.15) is 37.7 Å². The van der Waals surface area contributed by atoms with Gasteiger partial charge in [0, 0.05) is 18.7 Å². The molecule has 112 valence electrons. The minimum absolute atomic E-state index is 0.199. The summed E-state index contributed by atoms with van der Waals surface area (Å²) in [6.07, 6.45) is 6.05. The Hall–Kier alpha value is -1.06. The molecule has 0 aliphatic heterocycles. The third-order valence-corrected chi connectivity index (χ3v) is 4.33. The van der Waals surface area contributed by atoms with Gasteiger partial charge in [0.25, 0.3) is 0 Å². The molecule has 0 heterocycles. The minimum Gasteiger partial charge on any atom is -0.496 e. The van der Waals surface area contributed by atoms with E-state index in [1.807, 2.05) is 18.2 Å². The molecule has 1 atom stereocenters. The fourth-order valence-electron chi connectivity index (χ4n) is 3.18. The number of hydrogen-bond donors (Lipinski definition) is 1. The van der Waals surface area contributed by atoms with E-state index in [-0.39, 0.29) is 6.10 Å². The van der Waals surface area contributed by atoms with Crippen LogP contribution < -0.4 is 4.74 Å². The van der Waals surface area contributed by atoms with Crippen molar-refractivity contribution in [3.05, 3.63) is 29.8 Å². The number of aliphatic hydroxyl groups excluding tert-OH is 1. The first-order chi connectivity index (χ1) is 9.70. The Balaban J connectivity index is 1.86. The third-order valence-electron chi connectivity index (χ3n) is 4.33. The van der Waals surface area contributed by atoms with E-state index in [0.29, 0.717) is 5.92 Å². The number of likely N-dealkylation sites (N-methyl/N-ethyl adjacent to an activating group) is 1. The molecular formula is C17H27NO2. The maximum Gasteiger partial charge on any atom is 0.123 e. The molecule has 2 rings (SSSR count). The van der Waals surface area contributed by atoms with Crippen molar-refractivity contribution in [2.45, 2.75) is 44.8 Å². The van der Waals surface area contributed by atoms with Crippen LogP contribution in [0.5, 0.6) is 5.75 Å². The lowest BCUT2D eigenvalue weighted by molar-refractivity contribution is 0.0529. The highest BCUT2D eigenvalue weighted by molar-refractivity contribution is 5.32. The van der Waals surface area contributed by atoms with Crippen LogP contribution in [0.3, 0.4) is 0 Å². The van der Waals surface area contributed by atoms with Crippen LogP contribution in [-0.2, 0) is 6.54 Å². The molecule has 3 nitrogen and oxygen atoms in total. The van der Waals surface area contributed by atoms with Gasteiger partial charge in [-0.15, -0.1) is 0 Å². The topological polar surface area (TPSA) is 32.7 Å². The van der Waals surface area contributed by atoms with Crippen LogP contribution in [0.15, 0.2) is 24.3 Å². The Kier molecular flexibility index (Phi) is 5.86. The second-order valence-corrected chi connectivity index (χ2v) is 5.97. The molecule has 1 N–H and O–H groups in total. The maximum atomic E-state index is 10.4. The zero-order valence-corrected chi connectivity index (χ0v) is 12.7. The molecule has 1 aromatic rings. The lowest BCUT2D eigenvalue weighted by Crippen LogP contribution is -2.35. The highest BCUT2D eigenvalue weighted by Crippen LogP contribution is 2.27. The van der Waals surface area contributed by atoms with Crippen LogP contribution in [0, 0.1) is 5.92 Å². The van der Waals surface area contributed by atoms with Crippen molar-refractivity contribution in [2.75, 3.05) is 20.7 Å². The van der Waals surface area contributed by atoms with Gasteiger partial charge in [-0.05, 0) is 31.9 Å². The molecule has 3 heteroatoms. The highest BCUT2D eigenvalue weighted by atomic mass is 16.5. The molecule has 1 aliphatic rings. The summed E-state index contributed by atoms with van der Waals surface area (Å²) in [5.74, 6) is 1.41. The van der Waals surface area contributed by atoms with E-state index in [2.05, 4.69) is 18.0 Å². The number of ether oxygens (including phenoxy) is 1. The van der Waals surface area contributed by atoms with E-state index >= 15 is 0 Å². The van der Waals surface area contributed by atoms with Crippen molar-refractivity contribution in [1.29, 1.82) is 0 Å². The number of methoxy groups -OCH3 is 1. The molecule has 0 amide bonds. The van der Waals surface area contributed by atoms with Gasteiger partial charge in [0.05, 0.1) is 13.2 Å². The van der Waals surface area contributed by atoms with E-state index < -0.39 is 0 Å². The van der Waals surface area contributed by atoms with Gasteiger partial charge in [-0.3, -0.25) is 4.90 Å². The van der Waals surface area contributed by atoms with Crippen LogP contribution in [0.4, 0.5) is 0 Å². The van der Waals surface area contributed by atoms with Crippen LogP contribution in [-0.4, -0.2) is 36.8 Å². The number of aliphatic hydroxyl groups is 1. The van der Waals surface area contributed by atoms with Gasteiger partial charge in [-0.25, -0.2) is 0 Å². The van der Waals surface area contributed by atoms with Gasteiger partial charge in [-0.1, -0.05) is 37.5 Å². The monoisotopic (exact) mass is 277 g/mol. The summed E-state index contributed by atoms with van der Waals surface area (Å²) in [5.41, 5.74) is 1.17. The summed E-state index contributed by atoms with van der Waals surface area (Å²) < 4.78 is 5.38.